The van der Waals surface area contributed by atoms with Gasteiger partial charge < -0.3 is 9.72 Å². The van der Waals surface area contributed by atoms with Crippen LogP contribution in [0.2, 0.25) is 0 Å². The molecule has 2 aromatic rings. The maximum absolute atomic E-state index is 13.0. The Labute approximate surface area is 174 Å². The van der Waals surface area contributed by atoms with E-state index in [0.717, 1.165) is 47.8 Å². The van der Waals surface area contributed by atoms with Gasteiger partial charge in [0, 0.05) is 29.4 Å². The van der Waals surface area contributed by atoms with E-state index in [1.54, 1.807) is 0 Å². The van der Waals surface area contributed by atoms with Gasteiger partial charge in [-0.05, 0) is 44.7 Å². The van der Waals surface area contributed by atoms with Crippen molar-refractivity contribution in [2.45, 2.75) is 78.1 Å². The Balaban J connectivity index is 1.95. The molecule has 0 amide bonds. The third-order valence-electron chi connectivity index (χ3n) is 5.11. The lowest BCUT2D eigenvalue weighted by Crippen LogP contribution is -2.04. The molecular formula is C25H35NO3. The van der Waals surface area contributed by atoms with E-state index < -0.39 is 0 Å². The number of rotatable bonds is 14. The number of nitrogens with one attached hydrogen (secondary N) is 1. The minimum atomic E-state index is -0.151. The topological polar surface area (TPSA) is 59.2 Å². The molecule has 0 unspecified atom stereocenters. The highest BCUT2D eigenvalue weighted by Gasteiger charge is 2.16. The summed E-state index contributed by atoms with van der Waals surface area (Å²) in [5.74, 6) is 0.0195. The summed E-state index contributed by atoms with van der Waals surface area (Å²) >= 11 is 0. The fraction of sp³-hybridized carbons (Fsp3) is 0.520. The standard InChI is InChI=1S/C25H35NO3/c1-3-5-6-7-8-10-17-22-25(20-15-13-14-16-21(20)26-22)23(27)18-11-9-12-19-24(28)29-4-2/h10,13-17,26H,3-9,11-12,18-19H2,1-2H3. The van der Waals surface area contributed by atoms with E-state index in [9.17, 15) is 9.59 Å². The number of unbranched alkanes of at least 4 members (excludes halogenated alkanes) is 6. The van der Waals surface area contributed by atoms with E-state index >= 15 is 0 Å². The lowest BCUT2D eigenvalue weighted by molar-refractivity contribution is -0.143. The van der Waals surface area contributed by atoms with E-state index in [1.165, 1.54) is 25.7 Å². The summed E-state index contributed by atoms with van der Waals surface area (Å²) in [7, 11) is 0. The molecule has 0 saturated heterocycles. The molecular weight excluding hydrogens is 362 g/mol. The molecule has 0 saturated carbocycles. The van der Waals surface area contributed by atoms with E-state index in [2.05, 4.69) is 24.1 Å². The highest BCUT2D eigenvalue weighted by molar-refractivity contribution is 6.10. The third kappa shape index (κ3) is 7.52. The van der Waals surface area contributed by atoms with Crippen molar-refractivity contribution in [1.29, 1.82) is 0 Å². The SMILES string of the molecule is CCCCCCC=Cc1[nH]c2ccccc2c1C(=O)CCCCCC(=O)OCC. The summed E-state index contributed by atoms with van der Waals surface area (Å²) in [4.78, 5) is 27.8. The second-order valence-corrected chi connectivity index (χ2v) is 7.50. The van der Waals surface area contributed by atoms with Crippen molar-refractivity contribution in [1.82, 2.24) is 4.98 Å². The zero-order valence-corrected chi connectivity index (χ0v) is 18.0. The van der Waals surface area contributed by atoms with Gasteiger partial charge in [0.15, 0.2) is 5.78 Å². The van der Waals surface area contributed by atoms with Gasteiger partial charge in [-0.3, -0.25) is 9.59 Å². The Kier molecular flexibility index (Phi) is 10.3. The predicted molar refractivity (Wildman–Crippen MR) is 120 cm³/mol. The number of carbonyl (C=O) groups excluding carboxylic acids is 2. The molecule has 0 aliphatic heterocycles. The van der Waals surface area contributed by atoms with Crippen LogP contribution in [0.1, 0.15) is 94.1 Å². The minimum Gasteiger partial charge on any atom is -0.466 e. The number of hydrogen-bond donors (Lipinski definition) is 1. The Morgan fingerprint density at radius 3 is 2.52 bits per heavy atom. The van der Waals surface area contributed by atoms with Crippen molar-refractivity contribution < 1.29 is 14.3 Å². The van der Waals surface area contributed by atoms with Crippen LogP contribution in [0.3, 0.4) is 0 Å². The third-order valence-corrected chi connectivity index (χ3v) is 5.11. The summed E-state index contributed by atoms with van der Waals surface area (Å²) in [6, 6.07) is 7.99. The lowest BCUT2D eigenvalue weighted by Gasteiger charge is -2.03. The van der Waals surface area contributed by atoms with Crippen molar-refractivity contribution in [2.75, 3.05) is 6.61 Å². The number of benzene rings is 1. The number of carbonyl (C=O) groups is 2. The van der Waals surface area contributed by atoms with Crippen molar-refractivity contribution in [2.24, 2.45) is 0 Å². The second kappa shape index (κ2) is 13.0. The van der Waals surface area contributed by atoms with Gasteiger partial charge in [0.2, 0.25) is 0 Å². The van der Waals surface area contributed by atoms with Gasteiger partial charge >= 0.3 is 5.97 Å². The van der Waals surface area contributed by atoms with Crippen LogP contribution >= 0.6 is 0 Å². The number of Topliss-reactive ketones (excluding diaryl/α,β-unsaturated/α-hetero) is 1. The number of aromatic amines is 1. The van der Waals surface area contributed by atoms with E-state index in [-0.39, 0.29) is 11.8 Å². The van der Waals surface area contributed by atoms with Crippen LogP contribution in [0, 0.1) is 0 Å². The molecule has 0 spiro atoms. The molecule has 0 aliphatic rings. The molecule has 0 bridgehead atoms. The molecule has 4 heteroatoms. The smallest absolute Gasteiger partial charge is 0.305 e. The van der Waals surface area contributed by atoms with Crippen LogP contribution in [0.4, 0.5) is 0 Å². The Bertz CT molecular complexity index is 804. The van der Waals surface area contributed by atoms with Gasteiger partial charge in [0.05, 0.1) is 12.2 Å². The van der Waals surface area contributed by atoms with Crippen LogP contribution in [-0.2, 0) is 9.53 Å². The predicted octanol–water partition coefficient (Wildman–Crippen LogP) is 6.85. The van der Waals surface area contributed by atoms with Crippen molar-refractivity contribution in [3.63, 3.8) is 0 Å². The van der Waals surface area contributed by atoms with Crippen LogP contribution in [-0.4, -0.2) is 23.3 Å². The van der Waals surface area contributed by atoms with Gasteiger partial charge in [-0.25, -0.2) is 0 Å². The summed E-state index contributed by atoms with van der Waals surface area (Å²) in [5, 5.41) is 0.995. The Morgan fingerprint density at radius 2 is 1.72 bits per heavy atom. The summed E-state index contributed by atoms with van der Waals surface area (Å²) in [6.45, 7) is 4.46. The maximum Gasteiger partial charge on any atom is 0.305 e. The van der Waals surface area contributed by atoms with Gasteiger partial charge in [0.1, 0.15) is 0 Å². The van der Waals surface area contributed by atoms with Crippen LogP contribution < -0.4 is 0 Å². The molecule has 29 heavy (non-hydrogen) atoms. The van der Waals surface area contributed by atoms with E-state index in [1.807, 2.05) is 31.2 Å². The van der Waals surface area contributed by atoms with Gasteiger partial charge in [-0.1, -0.05) is 56.9 Å². The molecule has 0 radical (unpaired) electrons. The molecule has 158 valence electrons. The lowest BCUT2D eigenvalue weighted by atomic mass is 10.0. The second-order valence-electron chi connectivity index (χ2n) is 7.50. The highest BCUT2D eigenvalue weighted by Crippen LogP contribution is 2.26. The Morgan fingerprint density at radius 1 is 0.966 bits per heavy atom. The molecule has 4 nitrogen and oxygen atoms in total. The number of para-hydroxylation sites is 1. The molecule has 0 atom stereocenters. The monoisotopic (exact) mass is 397 g/mol. The summed E-state index contributed by atoms with van der Waals surface area (Å²) in [6.07, 6.45) is 13.6. The van der Waals surface area contributed by atoms with Crippen LogP contribution in [0.15, 0.2) is 30.3 Å². The largest absolute Gasteiger partial charge is 0.466 e. The maximum atomic E-state index is 13.0. The average Bonchev–Trinajstić information content (AvgIpc) is 3.08. The fourth-order valence-electron chi connectivity index (χ4n) is 3.57. The number of ketones is 1. The Hall–Kier alpha value is -2.36. The number of esters is 1. The van der Waals surface area contributed by atoms with Gasteiger partial charge in [0.25, 0.3) is 0 Å². The average molecular weight is 398 g/mol. The molecule has 0 aliphatic carbocycles. The van der Waals surface area contributed by atoms with Crippen molar-refractivity contribution in [3.05, 3.63) is 41.6 Å². The summed E-state index contributed by atoms with van der Waals surface area (Å²) in [5.41, 5.74) is 2.72. The van der Waals surface area contributed by atoms with Gasteiger partial charge in [-0.15, -0.1) is 0 Å². The number of allylic oxidation sites excluding steroid dienone is 1. The van der Waals surface area contributed by atoms with E-state index in [4.69, 9.17) is 4.74 Å². The number of fused-ring (bicyclic) bond motifs is 1. The molecule has 2 rings (SSSR count). The number of hydrogen-bond acceptors (Lipinski definition) is 3. The first-order chi connectivity index (χ1) is 14.2. The fourth-order valence-corrected chi connectivity index (χ4v) is 3.57. The highest BCUT2D eigenvalue weighted by atomic mass is 16.5. The first kappa shape index (κ1) is 22.9. The minimum absolute atomic E-state index is 0.151. The summed E-state index contributed by atoms with van der Waals surface area (Å²) < 4.78 is 4.94. The first-order valence-corrected chi connectivity index (χ1v) is 11.1. The first-order valence-electron chi connectivity index (χ1n) is 11.1. The molecule has 0 fully saturated rings. The van der Waals surface area contributed by atoms with Gasteiger partial charge in [-0.2, -0.15) is 0 Å². The normalized spacial score (nSPS) is 11.4. The zero-order valence-electron chi connectivity index (χ0n) is 18.0. The molecule has 1 heterocycles. The van der Waals surface area contributed by atoms with Crippen LogP contribution in [0.5, 0.6) is 0 Å². The molecule has 1 N–H and O–H groups in total. The molecule has 1 aromatic carbocycles. The molecule has 1 aromatic heterocycles. The number of aromatic nitrogens is 1. The zero-order chi connectivity index (χ0) is 20.9. The number of ether oxygens (including phenoxy) is 1. The van der Waals surface area contributed by atoms with Crippen molar-refractivity contribution >= 4 is 28.7 Å². The van der Waals surface area contributed by atoms with Crippen LogP contribution in [0.25, 0.3) is 17.0 Å². The van der Waals surface area contributed by atoms with Crippen molar-refractivity contribution in [3.8, 4) is 0 Å². The number of H-pyrrole nitrogens is 1. The quantitative estimate of drug-likeness (QED) is 0.215. The van der Waals surface area contributed by atoms with E-state index in [0.29, 0.717) is 19.4 Å².